The van der Waals surface area contributed by atoms with E-state index in [1.165, 1.54) is 28.8 Å². The first kappa shape index (κ1) is 42.2. The molecule has 3 N–H and O–H groups in total. The minimum absolute atomic E-state index is 0.0353. The summed E-state index contributed by atoms with van der Waals surface area (Å²) in [5.41, 5.74) is 3.58. The maximum atomic E-state index is 13.3. The van der Waals surface area contributed by atoms with Crippen molar-refractivity contribution in [2.45, 2.75) is 118 Å². The van der Waals surface area contributed by atoms with E-state index in [1.807, 2.05) is 18.2 Å². The normalized spacial score (nSPS) is 23.7. The van der Waals surface area contributed by atoms with Crippen molar-refractivity contribution in [3.63, 3.8) is 0 Å². The zero-order valence-corrected chi connectivity index (χ0v) is 32.4. The van der Waals surface area contributed by atoms with Gasteiger partial charge in [-0.1, -0.05) is 30.4 Å². The van der Waals surface area contributed by atoms with E-state index in [0.29, 0.717) is 60.5 Å². The number of nitrogens with one attached hydrogen (secondary N) is 3. The average molecular weight is 845 g/mol. The quantitative estimate of drug-likeness (QED) is 0.169. The molecule has 18 heteroatoms. The Morgan fingerprint density at radius 1 is 0.729 bits per heavy atom. The summed E-state index contributed by atoms with van der Waals surface area (Å²) < 4.78 is 98.5. The van der Waals surface area contributed by atoms with Gasteiger partial charge in [-0.05, 0) is 118 Å². The number of alkyl halides is 6. The number of nitrogens with zero attached hydrogens (tertiary/aromatic N) is 3. The molecule has 4 unspecified atom stereocenters. The Hall–Kier alpha value is -4.94. The zero-order valence-electron chi connectivity index (χ0n) is 31.6. The summed E-state index contributed by atoms with van der Waals surface area (Å²) in [4.78, 5) is 41.8. The van der Waals surface area contributed by atoms with Crippen LogP contribution in [0.2, 0.25) is 0 Å². The third-order valence-corrected chi connectivity index (χ3v) is 12.8. The number of amides is 2. The molecular weight excluding hydrogens is 803 g/mol. The van der Waals surface area contributed by atoms with E-state index in [1.54, 1.807) is 24.3 Å². The number of carbonyl (C=O) groups excluding carboxylic acids is 3. The lowest BCUT2D eigenvalue weighted by molar-refractivity contribution is -0.156. The molecule has 4 bridgehead atoms. The van der Waals surface area contributed by atoms with E-state index >= 15 is 0 Å². The number of aromatic nitrogens is 2. The lowest BCUT2D eigenvalue weighted by Gasteiger charge is -2.33. The van der Waals surface area contributed by atoms with Gasteiger partial charge in [0.25, 0.3) is 11.8 Å². The molecule has 11 nitrogen and oxygen atoms in total. The molecule has 6 aliphatic rings. The van der Waals surface area contributed by atoms with Crippen LogP contribution in [0.3, 0.4) is 0 Å². The molecule has 0 spiro atoms. The number of carbonyl (C=O) groups is 3. The number of aldehydes is 1. The fraction of sp³-hybridized carbons (Fsp3) is 0.439. The van der Waals surface area contributed by atoms with Gasteiger partial charge in [0.05, 0.1) is 21.8 Å². The van der Waals surface area contributed by atoms with Gasteiger partial charge < -0.3 is 16.0 Å². The molecule has 1 aromatic carbocycles. The van der Waals surface area contributed by atoms with Crippen LogP contribution in [0.4, 0.5) is 26.3 Å². The average Bonchev–Trinajstić information content (AvgIpc) is 4.15. The predicted molar refractivity (Wildman–Crippen MR) is 204 cm³/mol. The van der Waals surface area contributed by atoms with Gasteiger partial charge in [0.2, 0.25) is 16.3 Å². The van der Waals surface area contributed by atoms with Crippen LogP contribution in [0.25, 0.3) is 11.1 Å². The molecule has 2 aromatic heterocycles. The lowest BCUT2D eigenvalue weighted by Crippen LogP contribution is -2.43. The Bertz CT molecular complexity index is 2260. The summed E-state index contributed by atoms with van der Waals surface area (Å²) in [5.74, 6) is -0.265. The van der Waals surface area contributed by atoms with Crippen LogP contribution in [0.15, 0.2) is 77.7 Å². The standard InChI is InChI=1S/C23H22F3N3O3S.C16H19N3O.C2HF3O/c24-23(25,26)15-3-1-4-19(13-15)33(31,32)29-17-9-10-18(29)12-14(11-17)20-5-2-6-21(28-20)22(30)27-16-7-8-16;20-16(18-11-4-5-11)15-3-1-2-14(19-15)10-8-12-6-7-13(9-10)17-12;3-2(4,5)1-6/h1-6,11,13,16-18H,7-10,12H2,(H,27,30);1-3,8,11-13,17H,4-7,9H2,(H,18,20);1H. The first-order valence-corrected chi connectivity index (χ1v) is 20.9. The Balaban J connectivity index is 0.000000171. The van der Waals surface area contributed by atoms with Gasteiger partial charge in [0.1, 0.15) is 11.4 Å². The molecular formula is C41H42F6N6O5S. The molecule has 2 saturated heterocycles. The van der Waals surface area contributed by atoms with Crippen molar-refractivity contribution < 1.29 is 49.1 Å². The minimum Gasteiger partial charge on any atom is -0.348 e. The van der Waals surface area contributed by atoms with Crippen LogP contribution in [-0.2, 0) is 21.0 Å². The first-order chi connectivity index (χ1) is 28.0. The van der Waals surface area contributed by atoms with Crippen molar-refractivity contribution in [2.75, 3.05) is 0 Å². The molecule has 4 fully saturated rings. The number of hydrogen-bond acceptors (Lipinski definition) is 8. The maximum absolute atomic E-state index is 13.3. The van der Waals surface area contributed by atoms with Gasteiger partial charge in [-0.15, -0.1) is 0 Å². The van der Waals surface area contributed by atoms with Crippen LogP contribution in [0.5, 0.6) is 0 Å². The monoisotopic (exact) mass is 844 g/mol. The molecule has 9 rings (SSSR count). The highest BCUT2D eigenvalue weighted by Gasteiger charge is 2.45. The van der Waals surface area contributed by atoms with Crippen molar-refractivity contribution in [1.29, 1.82) is 0 Å². The van der Waals surface area contributed by atoms with E-state index in [9.17, 15) is 44.3 Å². The molecule has 2 saturated carbocycles. The Morgan fingerprint density at radius 3 is 1.80 bits per heavy atom. The Labute approximate surface area is 336 Å². The van der Waals surface area contributed by atoms with E-state index in [4.69, 9.17) is 4.79 Å². The van der Waals surface area contributed by atoms with E-state index in [2.05, 4.69) is 32.0 Å². The van der Waals surface area contributed by atoms with Crippen LogP contribution in [0, 0.1) is 0 Å². The van der Waals surface area contributed by atoms with E-state index < -0.39 is 40.3 Å². The van der Waals surface area contributed by atoms with Gasteiger partial charge in [-0.2, -0.15) is 30.6 Å². The highest BCUT2D eigenvalue weighted by atomic mass is 32.2. The fourth-order valence-electron chi connectivity index (χ4n) is 7.67. The van der Waals surface area contributed by atoms with Gasteiger partial charge in [-0.3, -0.25) is 14.4 Å². The zero-order chi connectivity index (χ0) is 42.1. The van der Waals surface area contributed by atoms with E-state index in [-0.39, 0.29) is 28.8 Å². The molecule has 2 amide bonds. The highest BCUT2D eigenvalue weighted by Crippen LogP contribution is 2.42. The molecule has 314 valence electrons. The van der Waals surface area contributed by atoms with Gasteiger partial charge in [0.15, 0.2) is 0 Å². The molecule has 6 heterocycles. The van der Waals surface area contributed by atoms with Crippen LogP contribution < -0.4 is 16.0 Å². The number of hydrogen-bond donors (Lipinski definition) is 3. The summed E-state index contributed by atoms with van der Waals surface area (Å²) in [6.45, 7) is 0. The largest absolute Gasteiger partial charge is 0.446 e. The summed E-state index contributed by atoms with van der Waals surface area (Å²) >= 11 is 0. The molecule has 4 atom stereocenters. The van der Waals surface area contributed by atoms with Crippen molar-refractivity contribution in [2.24, 2.45) is 0 Å². The maximum Gasteiger partial charge on any atom is 0.446 e. The summed E-state index contributed by atoms with van der Waals surface area (Å²) in [7, 11) is -4.11. The predicted octanol–water partition coefficient (Wildman–Crippen LogP) is 6.63. The second-order valence-electron chi connectivity index (χ2n) is 15.5. The topological polar surface area (TPSA) is 150 Å². The lowest BCUT2D eigenvalue weighted by atomic mass is 10.00. The number of halogens is 6. The van der Waals surface area contributed by atoms with Crippen molar-refractivity contribution in [3.05, 3.63) is 101 Å². The van der Waals surface area contributed by atoms with Crippen molar-refractivity contribution in [3.8, 4) is 0 Å². The number of fused-ring (bicyclic) bond motifs is 4. The summed E-state index contributed by atoms with van der Waals surface area (Å²) in [5, 5.41) is 9.48. The summed E-state index contributed by atoms with van der Waals surface area (Å²) in [6, 6.07) is 15.6. The first-order valence-electron chi connectivity index (χ1n) is 19.4. The fourth-order valence-corrected chi connectivity index (χ4v) is 9.54. The molecule has 0 radical (unpaired) electrons. The van der Waals surface area contributed by atoms with Crippen molar-refractivity contribution in [1.82, 2.24) is 30.2 Å². The number of pyridine rings is 2. The Kier molecular flexibility index (Phi) is 12.1. The minimum atomic E-state index is -4.64. The van der Waals surface area contributed by atoms with Crippen LogP contribution >= 0.6 is 0 Å². The Morgan fingerprint density at radius 2 is 1.29 bits per heavy atom. The second kappa shape index (κ2) is 17.0. The molecule has 3 aromatic rings. The second-order valence-corrected chi connectivity index (χ2v) is 17.3. The number of sulfonamides is 1. The summed E-state index contributed by atoms with van der Waals surface area (Å²) in [6.07, 6.45) is 2.97. The smallest absolute Gasteiger partial charge is 0.348 e. The number of rotatable bonds is 8. The third kappa shape index (κ3) is 10.6. The van der Waals surface area contributed by atoms with Gasteiger partial charge in [0, 0.05) is 36.3 Å². The number of benzene rings is 1. The SMILES string of the molecule is O=C(NC1CC1)c1cccc(C2=CC3CCC(C2)N3)n1.O=C(NC1CC1)c1cccc(C2=CC3CCC(C2)N3S(=O)(=O)c2cccc(C(F)(F)F)c2)n1.O=CC(F)(F)F. The van der Waals surface area contributed by atoms with Crippen molar-refractivity contribution >= 4 is 39.3 Å². The van der Waals surface area contributed by atoms with Gasteiger partial charge >= 0.3 is 12.4 Å². The third-order valence-electron chi connectivity index (χ3n) is 10.8. The van der Waals surface area contributed by atoms with Crippen LogP contribution in [-0.4, -0.2) is 83.2 Å². The molecule has 4 aliphatic heterocycles. The van der Waals surface area contributed by atoms with Gasteiger partial charge in [-0.25, -0.2) is 18.4 Å². The molecule has 59 heavy (non-hydrogen) atoms. The van der Waals surface area contributed by atoms with Crippen LogP contribution in [0.1, 0.15) is 102 Å². The molecule has 2 aliphatic carbocycles. The van der Waals surface area contributed by atoms with E-state index in [0.717, 1.165) is 55.5 Å². The highest BCUT2D eigenvalue weighted by molar-refractivity contribution is 7.89.